The summed E-state index contributed by atoms with van der Waals surface area (Å²) in [5.41, 5.74) is -0.129. The first-order valence-electron chi connectivity index (χ1n) is 8.92. The molecule has 2 aromatic rings. The van der Waals surface area contributed by atoms with Crippen LogP contribution in [0.4, 0.5) is 11.4 Å². The molecule has 0 atom stereocenters. The van der Waals surface area contributed by atoms with Gasteiger partial charge in [0.05, 0.1) is 22.8 Å². The van der Waals surface area contributed by atoms with Crippen molar-refractivity contribution in [2.24, 2.45) is 0 Å². The summed E-state index contributed by atoms with van der Waals surface area (Å²) < 4.78 is 39.2. The van der Waals surface area contributed by atoms with Gasteiger partial charge in [-0.1, -0.05) is 0 Å². The number of sulfone groups is 1. The number of nitro groups is 1. The molecule has 0 fully saturated rings. The highest BCUT2D eigenvalue weighted by Crippen LogP contribution is 2.38. The van der Waals surface area contributed by atoms with Crippen LogP contribution in [0.2, 0.25) is 0 Å². The molecule has 32 heavy (non-hydrogen) atoms. The molecule has 170 valence electrons. The Morgan fingerprint density at radius 2 is 1.94 bits per heavy atom. The highest BCUT2D eigenvalue weighted by atomic mass is 32.2. The van der Waals surface area contributed by atoms with Gasteiger partial charge >= 0.3 is 23.4 Å². The number of ether oxygens (including phenoxy) is 3. The summed E-state index contributed by atoms with van der Waals surface area (Å²) in [6.07, 6.45) is 0.791. The van der Waals surface area contributed by atoms with E-state index >= 15 is 0 Å². The fourth-order valence-corrected chi connectivity index (χ4v) is 2.87. The summed E-state index contributed by atoms with van der Waals surface area (Å²) in [5.74, 6) is -2.31. The molecule has 0 radical (unpaired) electrons. The number of nitrogens with zero attached hydrogens (tertiary/aromatic N) is 5. The molecule has 0 N–H and O–H groups in total. The van der Waals surface area contributed by atoms with Crippen LogP contribution in [0.5, 0.6) is 17.5 Å². The normalized spacial score (nSPS) is 10.7. The van der Waals surface area contributed by atoms with Crippen LogP contribution in [-0.4, -0.2) is 62.8 Å². The average molecular weight is 465 g/mol. The lowest BCUT2D eigenvalue weighted by molar-refractivity contribution is -0.387. The number of aromatic nitrogens is 2. The van der Waals surface area contributed by atoms with E-state index in [9.17, 15) is 28.6 Å². The van der Waals surface area contributed by atoms with E-state index in [1.54, 1.807) is 25.9 Å². The van der Waals surface area contributed by atoms with Gasteiger partial charge in [0.15, 0.2) is 6.61 Å². The minimum Gasteiger partial charge on any atom is -0.463 e. The number of benzene rings is 1. The maximum atomic E-state index is 12.0. The number of carbonyl (C=O) groups is 1. The van der Waals surface area contributed by atoms with Gasteiger partial charge in [-0.25, -0.2) is 13.2 Å². The molecule has 1 aromatic heterocycles. The summed E-state index contributed by atoms with van der Waals surface area (Å²) in [6.45, 7) is 0.845. The molecule has 0 aliphatic rings. The van der Waals surface area contributed by atoms with E-state index < -0.39 is 49.9 Å². The standard InChI is InChI=1S/C18H19N5O8S/c1-5-29-14(24)10-30-16-15(23(25)26)17(21-18(20-16)32(4,27)28)31-12-7-6-11(9-19)13(8-12)22(2)3/h6-8H,5,10H2,1-4H3. The lowest BCUT2D eigenvalue weighted by Crippen LogP contribution is -2.17. The Bertz CT molecular complexity index is 1190. The predicted octanol–water partition coefficient (Wildman–Crippen LogP) is 1.46. The van der Waals surface area contributed by atoms with Gasteiger partial charge in [-0.15, -0.1) is 0 Å². The van der Waals surface area contributed by atoms with Gasteiger partial charge in [0.2, 0.25) is 9.84 Å². The Labute approximate surface area is 183 Å². The quantitative estimate of drug-likeness (QED) is 0.226. The van der Waals surface area contributed by atoms with Crippen molar-refractivity contribution in [2.45, 2.75) is 12.1 Å². The van der Waals surface area contributed by atoms with Crippen molar-refractivity contribution in [1.82, 2.24) is 9.97 Å². The average Bonchev–Trinajstić information content (AvgIpc) is 2.71. The van der Waals surface area contributed by atoms with Crippen molar-refractivity contribution in [1.29, 1.82) is 5.26 Å². The third-order valence-electron chi connectivity index (χ3n) is 3.73. The largest absolute Gasteiger partial charge is 0.463 e. The van der Waals surface area contributed by atoms with Crippen molar-refractivity contribution in [2.75, 3.05) is 38.5 Å². The summed E-state index contributed by atoms with van der Waals surface area (Å²) in [5, 5.41) is 20.1. The van der Waals surface area contributed by atoms with Crippen molar-refractivity contribution in [3.63, 3.8) is 0 Å². The lowest BCUT2D eigenvalue weighted by Gasteiger charge is -2.16. The maximum absolute atomic E-state index is 12.0. The third-order valence-corrected chi connectivity index (χ3v) is 4.58. The molecule has 1 aromatic carbocycles. The number of hydrogen-bond acceptors (Lipinski definition) is 12. The Balaban J connectivity index is 2.61. The SMILES string of the molecule is CCOC(=O)COc1nc(S(C)(=O)=O)nc(Oc2ccc(C#N)c(N(C)C)c2)c1[N+](=O)[O-]. The minimum absolute atomic E-state index is 0.0327. The van der Waals surface area contributed by atoms with E-state index in [1.807, 2.05) is 6.07 Å². The number of nitriles is 1. The highest BCUT2D eigenvalue weighted by Gasteiger charge is 2.31. The minimum atomic E-state index is -4.04. The van der Waals surface area contributed by atoms with E-state index in [0.29, 0.717) is 11.3 Å². The van der Waals surface area contributed by atoms with E-state index in [-0.39, 0.29) is 12.4 Å². The van der Waals surface area contributed by atoms with E-state index in [1.165, 1.54) is 18.2 Å². The van der Waals surface area contributed by atoms with Crippen molar-refractivity contribution >= 4 is 27.2 Å². The summed E-state index contributed by atoms with van der Waals surface area (Å²) >= 11 is 0. The lowest BCUT2D eigenvalue weighted by atomic mass is 10.2. The Morgan fingerprint density at radius 1 is 1.28 bits per heavy atom. The van der Waals surface area contributed by atoms with Gasteiger partial charge in [-0.05, 0) is 19.1 Å². The third kappa shape index (κ3) is 5.79. The van der Waals surface area contributed by atoms with Gasteiger partial charge in [-0.2, -0.15) is 15.2 Å². The van der Waals surface area contributed by atoms with Crippen molar-refractivity contribution in [3.8, 4) is 23.6 Å². The summed E-state index contributed by atoms with van der Waals surface area (Å²) in [4.78, 5) is 31.2. The fourth-order valence-electron chi connectivity index (χ4n) is 2.37. The first-order valence-corrected chi connectivity index (χ1v) is 10.8. The second-order valence-electron chi connectivity index (χ2n) is 6.38. The monoisotopic (exact) mass is 465 g/mol. The van der Waals surface area contributed by atoms with Gasteiger partial charge < -0.3 is 19.1 Å². The number of anilines is 1. The van der Waals surface area contributed by atoms with Crippen LogP contribution in [0.15, 0.2) is 23.4 Å². The van der Waals surface area contributed by atoms with Gasteiger partial charge in [0.25, 0.3) is 5.16 Å². The number of esters is 1. The second kappa shape index (κ2) is 9.88. The molecular formula is C18H19N5O8S. The number of hydrogen-bond donors (Lipinski definition) is 0. The van der Waals surface area contributed by atoms with Crippen LogP contribution < -0.4 is 14.4 Å². The van der Waals surface area contributed by atoms with Crippen molar-refractivity contribution in [3.05, 3.63) is 33.9 Å². The summed E-state index contributed by atoms with van der Waals surface area (Å²) in [7, 11) is -0.682. The number of carbonyl (C=O) groups excluding carboxylic acids is 1. The molecule has 2 rings (SSSR count). The molecule has 0 amide bonds. The van der Waals surface area contributed by atoms with Crippen LogP contribution in [0.3, 0.4) is 0 Å². The molecule has 0 saturated carbocycles. The molecule has 0 aliphatic carbocycles. The van der Waals surface area contributed by atoms with Gasteiger partial charge in [0.1, 0.15) is 11.8 Å². The first kappa shape index (κ1) is 24.3. The molecule has 1 heterocycles. The smallest absolute Gasteiger partial charge is 0.392 e. The molecule has 14 heteroatoms. The van der Waals surface area contributed by atoms with Crippen LogP contribution in [0, 0.1) is 21.4 Å². The van der Waals surface area contributed by atoms with Crippen LogP contribution in [-0.2, 0) is 19.4 Å². The molecule has 0 aliphatic heterocycles. The zero-order valence-electron chi connectivity index (χ0n) is 17.6. The molecule has 0 saturated heterocycles. The topological polar surface area (TPSA) is 175 Å². The fraction of sp³-hybridized carbons (Fsp3) is 0.333. The Kier molecular flexibility index (Phi) is 7.50. The van der Waals surface area contributed by atoms with Crippen LogP contribution in [0.1, 0.15) is 12.5 Å². The van der Waals surface area contributed by atoms with E-state index in [0.717, 1.165) is 6.26 Å². The molecule has 0 bridgehead atoms. The second-order valence-corrected chi connectivity index (χ2v) is 8.28. The molecule has 0 spiro atoms. The zero-order chi connectivity index (χ0) is 24.1. The Hall–Kier alpha value is -3.99. The van der Waals surface area contributed by atoms with E-state index in [2.05, 4.69) is 14.7 Å². The maximum Gasteiger partial charge on any atom is 0.392 e. The molecule has 0 unspecified atom stereocenters. The Morgan fingerprint density at radius 3 is 2.47 bits per heavy atom. The van der Waals surface area contributed by atoms with E-state index in [4.69, 9.17) is 9.47 Å². The number of rotatable bonds is 9. The highest BCUT2D eigenvalue weighted by molar-refractivity contribution is 7.90. The first-order chi connectivity index (χ1) is 15.0. The summed E-state index contributed by atoms with van der Waals surface area (Å²) in [6, 6.07) is 6.20. The van der Waals surface area contributed by atoms with Gasteiger partial charge in [0, 0.05) is 26.4 Å². The van der Waals surface area contributed by atoms with Crippen LogP contribution in [0.25, 0.3) is 0 Å². The van der Waals surface area contributed by atoms with Crippen molar-refractivity contribution < 1.29 is 32.3 Å². The van der Waals surface area contributed by atoms with Gasteiger partial charge in [-0.3, -0.25) is 10.1 Å². The molecular weight excluding hydrogens is 446 g/mol. The predicted molar refractivity (Wildman–Crippen MR) is 109 cm³/mol. The zero-order valence-corrected chi connectivity index (χ0v) is 18.4. The van der Waals surface area contributed by atoms with Crippen LogP contribution >= 0.6 is 0 Å². The molecule has 13 nitrogen and oxygen atoms in total.